The van der Waals surface area contributed by atoms with E-state index in [2.05, 4.69) is 33.8 Å². The minimum atomic E-state index is -0.450. The highest BCUT2D eigenvalue weighted by Gasteiger charge is 2.41. The van der Waals surface area contributed by atoms with Crippen molar-refractivity contribution in [1.82, 2.24) is 14.7 Å². The maximum Gasteiger partial charge on any atom is 0.410 e. The lowest BCUT2D eigenvalue weighted by Gasteiger charge is -2.49. The van der Waals surface area contributed by atoms with Crippen molar-refractivity contribution in [2.24, 2.45) is 10.8 Å². The molecule has 1 aliphatic carbocycles. The number of piperazine rings is 1. The average Bonchev–Trinajstić information content (AvgIpc) is 3.10. The molecule has 8 nitrogen and oxygen atoms in total. The molecule has 2 aromatic carbocycles. The molecule has 6 rings (SSSR count). The van der Waals surface area contributed by atoms with Gasteiger partial charge in [-0.15, -0.1) is 0 Å². The van der Waals surface area contributed by atoms with Gasteiger partial charge in [-0.3, -0.25) is 4.90 Å². The maximum absolute atomic E-state index is 12.7. The van der Waals surface area contributed by atoms with Crippen LogP contribution < -0.4 is 4.90 Å². The predicted octanol–water partition coefficient (Wildman–Crippen LogP) is 8.40. The number of allylic oxidation sites excluding steroid dienone is 1. The minimum absolute atomic E-state index is 0.161. The van der Waals surface area contributed by atoms with Crippen LogP contribution in [0, 0.1) is 10.8 Å². The molecule has 278 valence electrons. The van der Waals surface area contributed by atoms with E-state index in [0.717, 1.165) is 102 Å². The van der Waals surface area contributed by atoms with Crippen molar-refractivity contribution in [3.05, 3.63) is 70.3 Å². The number of carbonyl (C=O) groups excluding carboxylic acids is 2. The molecule has 2 aromatic rings. The summed E-state index contributed by atoms with van der Waals surface area (Å²) >= 11 is 6.32. The zero-order chi connectivity index (χ0) is 36.2. The summed E-state index contributed by atoms with van der Waals surface area (Å²) in [5.74, 6) is -0.264. The van der Waals surface area contributed by atoms with Gasteiger partial charge in [-0.1, -0.05) is 36.2 Å². The van der Waals surface area contributed by atoms with Gasteiger partial charge >= 0.3 is 12.1 Å². The van der Waals surface area contributed by atoms with E-state index in [1.807, 2.05) is 69.0 Å². The Morgan fingerprint density at radius 2 is 1.43 bits per heavy atom. The number of likely N-dealkylation sites (tertiary alicyclic amines) is 2. The maximum atomic E-state index is 12.7. The molecule has 1 amide bonds. The number of piperidine rings is 2. The summed E-state index contributed by atoms with van der Waals surface area (Å²) in [6, 6.07) is 16.3. The molecule has 3 saturated heterocycles. The van der Waals surface area contributed by atoms with Gasteiger partial charge in [0.05, 0.1) is 12.2 Å². The quantitative estimate of drug-likeness (QED) is 0.254. The van der Waals surface area contributed by atoms with Crippen LogP contribution in [-0.2, 0) is 9.47 Å². The monoisotopic (exact) mass is 718 g/mol. The minimum Gasteiger partial charge on any atom is -0.462 e. The Morgan fingerprint density at radius 1 is 0.804 bits per heavy atom. The average molecular weight is 719 g/mol. The Kier molecular flexibility index (Phi) is 11.7. The molecule has 9 heteroatoms. The van der Waals surface area contributed by atoms with Crippen LogP contribution in [0.2, 0.25) is 5.02 Å². The van der Waals surface area contributed by atoms with E-state index in [1.54, 1.807) is 5.57 Å². The summed E-state index contributed by atoms with van der Waals surface area (Å²) < 4.78 is 10.8. The molecule has 0 N–H and O–H groups in total. The number of anilines is 1. The van der Waals surface area contributed by atoms with Crippen molar-refractivity contribution in [2.75, 3.05) is 77.0 Å². The van der Waals surface area contributed by atoms with Crippen LogP contribution in [0.4, 0.5) is 10.5 Å². The van der Waals surface area contributed by atoms with E-state index in [1.165, 1.54) is 30.4 Å². The van der Waals surface area contributed by atoms with E-state index < -0.39 is 5.60 Å². The van der Waals surface area contributed by atoms with Crippen molar-refractivity contribution >= 4 is 34.9 Å². The number of ether oxygens (including phenoxy) is 2. The number of benzene rings is 2. The smallest absolute Gasteiger partial charge is 0.410 e. The predicted molar refractivity (Wildman–Crippen MR) is 207 cm³/mol. The van der Waals surface area contributed by atoms with Crippen LogP contribution in [0.5, 0.6) is 0 Å². The van der Waals surface area contributed by atoms with Crippen LogP contribution in [0.1, 0.15) is 95.5 Å². The fourth-order valence-corrected chi connectivity index (χ4v) is 8.90. The Morgan fingerprint density at radius 3 is 2.04 bits per heavy atom. The van der Waals surface area contributed by atoms with E-state index in [-0.39, 0.29) is 17.5 Å². The summed E-state index contributed by atoms with van der Waals surface area (Å²) in [6.07, 6.45) is 7.86. The van der Waals surface area contributed by atoms with Gasteiger partial charge in [-0.2, -0.15) is 0 Å². The second-order valence-electron chi connectivity index (χ2n) is 16.9. The second-order valence-corrected chi connectivity index (χ2v) is 17.3. The van der Waals surface area contributed by atoms with Gasteiger partial charge in [-0.25, -0.2) is 9.59 Å². The molecule has 4 aliphatic rings. The molecular formula is C42H59ClN4O4. The molecule has 3 aliphatic heterocycles. The first kappa shape index (κ1) is 37.7. The lowest BCUT2D eigenvalue weighted by Crippen LogP contribution is -2.50. The van der Waals surface area contributed by atoms with Gasteiger partial charge < -0.3 is 24.2 Å². The van der Waals surface area contributed by atoms with Crippen molar-refractivity contribution in [3.63, 3.8) is 0 Å². The number of amides is 1. The van der Waals surface area contributed by atoms with Gasteiger partial charge in [0, 0.05) is 63.1 Å². The topological polar surface area (TPSA) is 65.6 Å². The fourth-order valence-electron chi connectivity index (χ4n) is 8.77. The highest BCUT2D eigenvalue weighted by atomic mass is 35.5. The lowest BCUT2D eigenvalue weighted by atomic mass is 9.69. The zero-order valence-electron chi connectivity index (χ0n) is 31.6. The number of carbonyl (C=O) groups is 2. The Hall–Kier alpha value is -3.07. The number of hydrogen-bond acceptors (Lipinski definition) is 7. The number of halogens is 1. The van der Waals surface area contributed by atoms with Crippen molar-refractivity contribution in [1.29, 1.82) is 0 Å². The second kappa shape index (κ2) is 15.9. The largest absolute Gasteiger partial charge is 0.462 e. The summed E-state index contributed by atoms with van der Waals surface area (Å²) in [7, 11) is 0. The summed E-state index contributed by atoms with van der Waals surface area (Å²) in [5.41, 5.74) is 6.32. The SMILES string of the molecule is CCOC(=O)c1ccc(N2CCN(CC3=C(c4ccc(Cl)cc4)CCC(C)(CN4CCC5(CC4)CCN(C(=O)OC(C)(C)C)CC5)C3)CC2)cc1. The van der Waals surface area contributed by atoms with Crippen LogP contribution in [0.25, 0.3) is 5.57 Å². The third kappa shape index (κ3) is 9.68. The lowest BCUT2D eigenvalue weighted by molar-refractivity contribution is -0.00675. The number of hydrogen-bond donors (Lipinski definition) is 0. The molecule has 1 spiro atoms. The number of nitrogens with zero attached hydrogens (tertiary/aromatic N) is 4. The summed E-state index contributed by atoms with van der Waals surface area (Å²) in [6.45, 7) is 20.6. The number of rotatable bonds is 8. The molecule has 0 aromatic heterocycles. The summed E-state index contributed by atoms with van der Waals surface area (Å²) in [5, 5.41) is 0.784. The normalized spacial score (nSPS) is 23.4. The molecule has 1 unspecified atom stereocenters. The van der Waals surface area contributed by atoms with Gasteiger partial charge in [-0.05, 0) is 144 Å². The molecule has 0 saturated carbocycles. The Bertz CT molecular complexity index is 1530. The highest BCUT2D eigenvalue weighted by molar-refractivity contribution is 6.30. The van der Waals surface area contributed by atoms with E-state index in [9.17, 15) is 9.59 Å². The molecule has 0 radical (unpaired) electrons. The molecular weight excluding hydrogens is 660 g/mol. The zero-order valence-corrected chi connectivity index (χ0v) is 32.4. The first-order valence-electron chi connectivity index (χ1n) is 19.2. The third-order valence-electron chi connectivity index (χ3n) is 11.8. The third-order valence-corrected chi connectivity index (χ3v) is 12.0. The molecule has 1 atom stereocenters. The fraction of sp³-hybridized carbons (Fsp3) is 0.619. The Balaban J connectivity index is 1.06. The van der Waals surface area contributed by atoms with E-state index in [0.29, 0.717) is 17.6 Å². The van der Waals surface area contributed by atoms with Crippen LogP contribution >= 0.6 is 11.6 Å². The highest BCUT2D eigenvalue weighted by Crippen LogP contribution is 2.46. The van der Waals surface area contributed by atoms with Gasteiger partial charge in [0.15, 0.2) is 0 Å². The summed E-state index contributed by atoms with van der Waals surface area (Å²) in [4.78, 5) is 34.5. The van der Waals surface area contributed by atoms with Gasteiger partial charge in [0.1, 0.15) is 5.60 Å². The van der Waals surface area contributed by atoms with Gasteiger partial charge in [0.2, 0.25) is 0 Å². The molecule has 0 bridgehead atoms. The number of esters is 1. The molecule has 51 heavy (non-hydrogen) atoms. The standard InChI is InChI=1S/C42H59ClN4O4/c1-6-50-38(48)33-9-13-36(14-10-33)46-27-25-44(26-28-46)30-34-29-41(5,16-15-37(34)32-7-11-35(43)12-8-32)31-45-21-17-42(18-22-45)19-23-47(24-20-42)39(49)51-40(2,3)4/h7-14H,6,15-31H2,1-5H3. The van der Waals surface area contributed by atoms with E-state index in [4.69, 9.17) is 21.1 Å². The first-order valence-corrected chi connectivity index (χ1v) is 19.6. The van der Waals surface area contributed by atoms with Crippen LogP contribution in [-0.4, -0.2) is 104 Å². The van der Waals surface area contributed by atoms with Crippen molar-refractivity contribution < 1.29 is 19.1 Å². The molecule has 3 fully saturated rings. The Labute approximate surface area is 311 Å². The van der Waals surface area contributed by atoms with Crippen molar-refractivity contribution in [3.8, 4) is 0 Å². The van der Waals surface area contributed by atoms with Crippen molar-refractivity contribution in [2.45, 2.75) is 85.2 Å². The van der Waals surface area contributed by atoms with Gasteiger partial charge in [0.25, 0.3) is 0 Å². The first-order chi connectivity index (χ1) is 24.3. The van der Waals surface area contributed by atoms with Crippen LogP contribution in [0.15, 0.2) is 54.1 Å². The van der Waals surface area contributed by atoms with Crippen LogP contribution in [0.3, 0.4) is 0 Å². The van der Waals surface area contributed by atoms with E-state index >= 15 is 0 Å². The molecule has 3 heterocycles.